The Morgan fingerprint density at radius 3 is 2.60 bits per heavy atom. The lowest BCUT2D eigenvalue weighted by molar-refractivity contribution is 0.0527. The van der Waals surface area contributed by atoms with Gasteiger partial charge in [-0.1, -0.05) is 0 Å². The molecule has 0 atom stereocenters. The molecule has 2 rings (SSSR count). The second-order valence-corrected chi connectivity index (χ2v) is 7.41. The molecular formula is C18H20BrNO4S. The molecular weight excluding hydrogens is 406 g/mol. The fraction of sp³-hybridized carbons (Fsp3) is 0.333. The van der Waals surface area contributed by atoms with E-state index in [1.54, 1.807) is 32.2 Å². The zero-order valence-corrected chi connectivity index (χ0v) is 17.0. The summed E-state index contributed by atoms with van der Waals surface area (Å²) in [5.41, 5.74) is 1.95. The number of Topliss-reactive ketones (excluding diaryl/α,β-unsaturated/α-hetero) is 1. The van der Waals surface area contributed by atoms with Crippen LogP contribution in [0.4, 0.5) is 5.00 Å². The van der Waals surface area contributed by atoms with E-state index >= 15 is 0 Å². The molecule has 0 saturated carbocycles. The first kappa shape index (κ1) is 19.5. The number of ketones is 1. The van der Waals surface area contributed by atoms with Gasteiger partial charge in [0.05, 0.1) is 30.3 Å². The maximum Gasteiger partial charge on any atom is 0.341 e. The van der Waals surface area contributed by atoms with E-state index in [-0.39, 0.29) is 18.3 Å². The van der Waals surface area contributed by atoms with Gasteiger partial charge in [0.2, 0.25) is 0 Å². The number of anilines is 1. The first-order chi connectivity index (χ1) is 11.9. The van der Waals surface area contributed by atoms with Crippen molar-refractivity contribution in [2.45, 2.75) is 20.8 Å². The van der Waals surface area contributed by atoms with Crippen LogP contribution in [0.25, 0.3) is 0 Å². The molecule has 0 spiro atoms. The van der Waals surface area contributed by atoms with Crippen LogP contribution in [-0.2, 0) is 4.74 Å². The number of esters is 1. The topological polar surface area (TPSA) is 64.6 Å². The second-order valence-electron chi connectivity index (χ2n) is 5.33. The molecule has 0 unspecified atom stereocenters. The SMILES string of the molecule is CCOC(=O)c1c(NCC(=O)c2ccc(OC)c(Br)c2)sc(C)c1C. The lowest BCUT2D eigenvalue weighted by Crippen LogP contribution is -2.16. The average molecular weight is 426 g/mol. The molecule has 0 amide bonds. The lowest BCUT2D eigenvalue weighted by atomic mass is 10.1. The molecule has 0 aliphatic carbocycles. The van der Waals surface area contributed by atoms with Crippen LogP contribution in [0.5, 0.6) is 5.75 Å². The summed E-state index contributed by atoms with van der Waals surface area (Å²) in [7, 11) is 1.57. The number of thiophene rings is 1. The Morgan fingerprint density at radius 1 is 1.28 bits per heavy atom. The van der Waals surface area contributed by atoms with Gasteiger partial charge in [0.15, 0.2) is 5.78 Å². The highest BCUT2D eigenvalue weighted by Crippen LogP contribution is 2.33. The summed E-state index contributed by atoms with van der Waals surface area (Å²) < 4.78 is 11.0. The van der Waals surface area contributed by atoms with Crippen LogP contribution in [0.2, 0.25) is 0 Å². The number of benzene rings is 1. The van der Waals surface area contributed by atoms with Gasteiger partial charge in [-0.2, -0.15) is 0 Å². The molecule has 5 nitrogen and oxygen atoms in total. The number of ether oxygens (including phenoxy) is 2. The van der Waals surface area contributed by atoms with Gasteiger partial charge in [-0.05, 0) is 60.5 Å². The largest absolute Gasteiger partial charge is 0.496 e. The van der Waals surface area contributed by atoms with E-state index in [0.29, 0.717) is 28.5 Å². The molecule has 0 bridgehead atoms. The smallest absolute Gasteiger partial charge is 0.341 e. The van der Waals surface area contributed by atoms with Gasteiger partial charge in [0.25, 0.3) is 0 Å². The fourth-order valence-corrected chi connectivity index (χ4v) is 3.89. The molecule has 0 aliphatic rings. The first-order valence-electron chi connectivity index (χ1n) is 7.76. The number of rotatable bonds is 7. The van der Waals surface area contributed by atoms with Crippen LogP contribution in [0.3, 0.4) is 0 Å². The van der Waals surface area contributed by atoms with E-state index in [4.69, 9.17) is 9.47 Å². The Morgan fingerprint density at radius 2 is 2.00 bits per heavy atom. The van der Waals surface area contributed by atoms with Crippen molar-refractivity contribution >= 4 is 44.0 Å². The molecule has 1 N–H and O–H groups in total. The van der Waals surface area contributed by atoms with Crippen molar-refractivity contribution in [3.63, 3.8) is 0 Å². The molecule has 2 aromatic rings. The fourth-order valence-electron chi connectivity index (χ4n) is 2.30. The molecule has 0 radical (unpaired) electrons. The van der Waals surface area contributed by atoms with E-state index in [1.165, 1.54) is 11.3 Å². The lowest BCUT2D eigenvalue weighted by Gasteiger charge is -2.09. The van der Waals surface area contributed by atoms with Crippen molar-refractivity contribution in [1.29, 1.82) is 0 Å². The van der Waals surface area contributed by atoms with Crippen LogP contribution in [0.15, 0.2) is 22.7 Å². The van der Waals surface area contributed by atoms with Crippen molar-refractivity contribution in [2.24, 2.45) is 0 Å². The minimum absolute atomic E-state index is 0.0816. The highest BCUT2D eigenvalue weighted by molar-refractivity contribution is 9.10. The predicted molar refractivity (Wildman–Crippen MR) is 103 cm³/mol. The third-order valence-electron chi connectivity index (χ3n) is 3.75. The molecule has 134 valence electrons. The van der Waals surface area contributed by atoms with Gasteiger partial charge in [-0.3, -0.25) is 4.79 Å². The Balaban J connectivity index is 2.16. The zero-order chi connectivity index (χ0) is 18.6. The minimum atomic E-state index is -0.369. The average Bonchev–Trinajstić information content (AvgIpc) is 2.87. The highest BCUT2D eigenvalue weighted by Gasteiger charge is 2.21. The predicted octanol–water partition coefficient (Wildman–Crippen LogP) is 4.61. The summed E-state index contributed by atoms with van der Waals surface area (Å²) in [6.45, 7) is 5.99. The molecule has 0 saturated heterocycles. The first-order valence-corrected chi connectivity index (χ1v) is 9.37. The normalized spacial score (nSPS) is 10.4. The van der Waals surface area contributed by atoms with Crippen molar-refractivity contribution < 1.29 is 19.1 Å². The van der Waals surface area contributed by atoms with Crippen LogP contribution in [0.1, 0.15) is 38.1 Å². The number of aryl methyl sites for hydroxylation is 1. The monoisotopic (exact) mass is 425 g/mol. The van der Waals surface area contributed by atoms with Crippen molar-refractivity contribution in [1.82, 2.24) is 0 Å². The van der Waals surface area contributed by atoms with Crippen LogP contribution in [0, 0.1) is 13.8 Å². The Bertz CT molecular complexity index is 801. The van der Waals surface area contributed by atoms with Crippen LogP contribution < -0.4 is 10.1 Å². The van der Waals surface area contributed by atoms with Gasteiger partial charge < -0.3 is 14.8 Å². The number of hydrogen-bond acceptors (Lipinski definition) is 6. The number of carbonyl (C=O) groups is 2. The molecule has 0 aliphatic heterocycles. The Hall–Kier alpha value is -1.86. The van der Waals surface area contributed by atoms with Gasteiger partial charge >= 0.3 is 5.97 Å². The molecule has 1 aromatic heterocycles. The number of methoxy groups -OCH3 is 1. The molecule has 0 fully saturated rings. The number of halogens is 1. The summed E-state index contributed by atoms with van der Waals surface area (Å²) in [4.78, 5) is 25.6. The van der Waals surface area contributed by atoms with Crippen molar-refractivity contribution in [3.8, 4) is 5.75 Å². The molecule has 1 heterocycles. The quantitative estimate of drug-likeness (QED) is 0.518. The third-order valence-corrected chi connectivity index (χ3v) is 5.53. The zero-order valence-electron chi connectivity index (χ0n) is 14.6. The standard InChI is InChI=1S/C18H20BrNO4S/c1-5-24-18(22)16-10(2)11(3)25-17(16)20-9-14(21)12-6-7-15(23-4)13(19)8-12/h6-8,20H,5,9H2,1-4H3. The molecule has 25 heavy (non-hydrogen) atoms. The minimum Gasteiger partial charge on any atom is -0.496 e. The molecule has 1 aromatic carbocycles. The number of hydrogen-bond donors (Lipinski definition) is 1. The number of nitrogens with one attached hydrogen (secondary N) is 1. The van der Waals surface area contributed by atoms with Crippen molar-refractivity contribution in [3.05, 3.63) is 44.2 Å². The summed E-state index contributed by atoms with van der Waals surface area (Å²) >= 11 is 4.82. The Labute approximate surface area is 159 Å². The molecule has 7 heteroatoms. The second kappa shape index (κ2) is 8.49. The van der Waals surface area contributed by atoms with E-state index in [0.717, 1.165) is 14.9 Å². The van der Waals surface area contributed by atoms with Gasteiger partial charge in [0, 0.05) is 10.4 Å². The highest BCUT2D eigenvalue weighted by atomic mass is 79.9. The van der Waals surface area contributed by atoms with Crippen molar-refractivity contribution in [2.75, 3.05) is 25.6 Å². The van der Waals surface area contributed by atoms with Crippen LogP contribution >= 0.6 is 27.3 Å². The van der Waals surface area contributed by atoms with Gasteiger partial charge in [-0.25, -0.2) is 4.79 Å². The Kier molecular flexibility index (Phi) is 6.61. The van der Waals surface area contributed by atoms with Gasteiger partial charge in [-0.15, -0.1) is 11.3 Å². The van der Waals surface area contributed by atoms with Gasteiger partial charge in [0.1, 0.15) is 10.8 Å². The van der Waals surface area contributed by atoms with Crippen LogP contribution in [-0.4, -0.2) is 32.0 Å². The van der Waals surface area contributed by atoms with E-state index in [2.05, 4.69) is 21.2 Å². The van der Waals surface area contributed by atoms with E-state index < -0.39 is 0 Å². The maximum atomic E-state index is 12.4. The maximum absolute atomic E-state index is 12.4. The summed E-state index contributed by atoms with van der Waals surface area (Å²) in [5.74, 6) is 0.215. The third kappa shape index (κ3) is 4.41. The summed E-state index contributed by atoms with van der Waals surface area (Å²) in [5, 5.41) is 3.74. The van der Waals surface area contributed by atoms with E-state index in [9.17, 15) is 9.59 Å². The number of carbonyl (C=O) groups excluding carboxylic acids is 2. The summed E-state index contributed by atoms with van der Waals surface area (Å²) in [6.07, 6.45) is 0. The summed E-state index contributed by atoms with van der Waals surface area (Å²) in [6, 6.07) is 5.17. The van der Waals surface area contributed by atoms with E-state index in [1.807, 2.05) is 13.8 Å².